The van der Waals surface area contributed by atoms with E-state index in [2.05, 4.69) is 6.58 Å². The van der Waals surface area contributed by atoms with Gasteiger partial charge in [0.25, 0.3) is 0 Å². The summed E-state index contributed by atoms with van der Waals surface area (Å²) in [6.07, 6.45) is -4.36. The number of hydrogen-bond donors (Lipinski definition) is 0. The van der Waals surface area contributed by atoms with Crippen LogP contribution in [0.4, 0.5) is 13.2 Å². The number of rotatable bonds is 5. The highest BCUT2D eigenvalue weighted by Crippen LogP contribution is 2.31. The summed E-state index contributed by atoms with van der Waals surface area (Å²) in [5, 5.41) is 0.644. The maximum Gasteiger partial charge on any atom is 0.416 e. The van der Waals surface area contributed by atoms with Crippen LogP contribution in [0.2, 0.25) is 5.02 Å². The molecule has 0 N–H and O–H groups in total. The van der Waals surface area contributed by atoms with Crippen molar-refractivity contribution in [3.8, 4) is 5.75 Å². The van der Waals surface area contributed by atoms with E-state index in [-0.39, 0.29) is 6.61 Å². The van der Waals surface area contributed by atoms with Gasteiger partial charge in [-0.2, -0.15) is 13.2 Å². The molecule has 0 bridgehead atoms. The molecule has 0 amide bonds. The van der Waals surface area contributed by atoms with Gasteiger partial charge >= 0.3 is 6.18 Å². The normalized spacial score (nSPS) is 11.3. The second-order valence-electron chi connectivity index (χ2n) is 5.95. The fourth-order valence-corrected chi connectivity index (χ4v) is 2.77. The van der Waals surface area contributed by atoms with Gasteiger partial charge in [-0.25, -0.2) is 0 Å². The lowest BCUT2D eigenvalue weighted by molar-refractivity contribution is -0.137. The third kappa shape index (κ3) is 4.72. The highest BCUT2D eigenvalue weighted by Gasteiger charge is 2.30. The maximum absolute atomic E-state index is 12.6. The Morgan fingerprint density at radius 2 is 1.52 bits per heavy atom. The summed E-state index contributed by atoms with van der Waals surface area (Å²) in [6, 6.07) is 19.6. The van der Waals surface area contributed by atoms with Crippen LogP contribution >= 0.6 is 11.6 Å². The van der Waals surface area contributed by atoms with Crippen molar-refractivity contribution in [2.75, 3.05) is 0 Å². The molecule has 5 heteroatoms. The summed E-state index contributed by atoms with van der Waals surface area (Å²) < 4.78 is 43.6. The van der Waals surface area contributed by atoms with Crippen molar-refractivity contribution < 1.29 is 17.9 Å². The highest BCUT2D eigenvalue weighted by atomic mass is 35.5. The fraction of sp³-hybridized carbons (Fsp3) is 0.0909. The van der Waals surface area contributed by atoms with Crippen LogP contribution in [0.25, 0.3) is 5.57 Å². The van der Waals surface area contributed by atoms with E-state index < -0.39 is 11.7 Å². The van der Waals surface area contributed by atoms with Gasteiger partial charge in [0.1, 0.15) is 12.4 Å². The average molecular weight is 389 g/mol. The minimum absolute atomic E-state index is 0.216. The van der Waals surface area contributed by atoms with E-state index in [9.17, 15) is 13.2 Å². The molecule has 0 unspecified atom stereocenters. The Kier molecular flexibility index (Phi) is 5.57. The molecule has 1 nitrogen and oxygen atoms in total. The third-order valence-corrected chi connectivity index (χ3v) is 4.36. The number of halogens is 4. The first-order valence-corrected chi connectivity index (χ1v) is 8.55. The van der Waals surface area contributed by atoms with Crippen molar-refractivity contribution in [2.24, 2.45) is 0 Å². The predicted molar refractivity (Wildman–Crippen MR) is 102 cm³/mol. The molecule has 0 radical (unpaired) electrons. The molecule has 0 saturated carbocycles. The summed E-state index contributed by atoms with van der Waals surface area (Å²) in [5.41, 5.74) is 2.84. The van der Waals surface area contributed by atoms with E-state index in [1.54, 1.807) is 12.1 Å². The molecule has 0 aliphatic heterocycles. The first kappa shape index (κ1) is 19.1. The number of alkyl halides is 3. The van der Waals surface area contributed by atoms with E-state index in [0.717, 1.165) is 34.4 Å². The van der Waals surface area contributed by atoms with Crippen molar-refractivity contribution in [1.82, 2.24) is 0 Å². The summed E-state index contributed by atoms with van der Waals surface area (Å²) in [5.74, 6) is 0.370. The van der Waals surface area contributed by atoms with Gasteiger partial charge in [0.2, 0.25) is 0 Å². The zero-order valence-corrected chi connectivity index (χ0v) is 15.0. The molecule has 0 spiro atoms. The first-order valence-electron chi connectivity index (χ1n) is 8.18. The van der Waals surface area contributed by atoms with E-state index >= 15 is 0 Å². The Morgan fingerprint density at radius 3 is 2.15 bits per heavy atom. The molecule has 0 aliphatic carbocycles. The van der Waals surface area contributed by atoms with E-state index in [1.807, 2.05) is 36.4 Å². The van der Waals surface area contributed by atoms with Crippen LogP contribution in [0.5, 0.6) is 5.75 Å². The summed E-state index contributed by atoms with van der Waals surface area (Å²) >= 11 is 5.93. The minimum Gasteiger partial charge on any atom is -0.489 e. The standard InChI is InChI=1S/C22H16ClF3O/c1-15(16-6-10-19(23)11-7-16)21-5-3-2-4-17(21)14-27-20-12-8-18(9-13-20)22(24,25)26/h2-13H,1,14H2. The van der Waals surface area contributed by atoms with Crippen LogP contribution in [-0.2, 0) is 12.8 Å². The van der Waals surface area contributed by atoms with E-state index in [1.165, 1.54) is 12.1 Å². The Labute approximate surface area is 160 Å². The Hall–Kier alpha value is -2.72. The van der Waals surface area contributed by atoms with Gasteiger partial charge in [-0.15, -0.1) is 0 Å². The summed E-state index contributed by atoms with van der Waals surface area (Å²) in [7, 11) is 0. The SMILES string of the molecule is C=C(c1ccc(Cl)cc1)c1ccccc1COc1ccc(C(F)(F)F)cc1. The Balaban J connectivity index is 1.76. The van der Waals surface area contributed by atoms with Crippen molar-refractivity contribution >= 4 is 17.2 Å². The lowest BCUT2D eigenvalue weighted by Gasteiger charge is -2.14. The van der Waals surface area contributed by atoms with Gasteiger partial charge in [-0.05, 0) is 58.7 Å². The molecule has 27 heavy (non-hydrogen) atoms. The van der Waals surface area contributed by atoms with Crippen LogP contribution in [0.15, 0.2) is 79.4 Å². The largest absolute Gasteiger partial charge is 0.489 e. The number of hydrogen-bond acceptors (Lipinski definition) is 1. The zero-order valence-electron chi connectivity index (χ0n) is 14.3. The van der Waals surface area contributed by atoms with Crippen LogP contribution in [0.1, 0.15) is 22.3 Å². The molecular weight excluding hydrogens is 373 g/mol. The van der Waals surface area contributed by atoms with Crippen molar-refractivity contribution in [1.29, 1.82) is 0 Å². The highest BCUT2D eigenvalue weighted by molar-refractivity contribution is 6.30. The molecule has 0 fully saturated rings. The second-order valence-corrected chi connectivity index (χ2v) is 6.39. The van der Waals surface area contributed by atoms with E-state index in [4.69, 9.17) is 16.3 Å². The molecular formula is C22H16ClF3O. The number of benzene rings is 3. The van der Waals surface area contributed by atoms with Crippen LogP contribution in [-0.4, -0.2) is 0 Å². The molecule has 3 aromatic carbocycles. The van der Waals surface area contributed by atoms with Crippen molar-refractivity contribution in [2.45, 2.75) is 12.8 Å². The molecule has 3 rings (SSSR count). The van der Waals surface area contributed by atoms with Crippen molar-refractivity contribution in [3.05, 3.63) is 107 Å². The fourth-order valence-electron chi connectivity index (χ4n) is 2.65. The van der Waals surface area contributed by atoms with Crippen molar-refractivity contribution in [3.63, 3.8) is 0 Å². The van der Waals surface area contributed by atoms with E-state index in [0.29, 0.717) is 10.8 Å². The Morgan fingerprint density at radius 1 is 0.889 bits per heavy atom. The molecule has 0 heterocycles. The molecule has 138 valence electrons. The summed E-state index contributed by atoms with van der Waals surface area (Å²) in [6.45, 7) is 4.37. The Bertz CT molecular complexity index is 929. The van der Waals surface area contributed by atoms with Crippen LogP contribution in [0, 0.1) is 0 Å². The van der Waals surface area contributed by atoms with Gasteiger partial charge in [0, 0.05) is 5.02 Å². The van der Waals surface area contributed by atoms with Crippen LogP contribution in [0.3, 0.4) is 0 Å². The quantitative estimate of drug-likeness (QED) is 0.457. The lowest BCUT2D eigenvalue weighted by Crippen LogP contribution is -2.05. The minimum atomic E-state index is -4.36. The second kappa shape index (κ2) is 7.89. The van der Waals surface area contributed by atoms with Gasteiger partial charge in [-0.1, -0.05) is 54.6 Å². The molecule has 0 aromatic heterocycles. The molecule has 0 aliphatic rings. The van der Waals surface area contributed by atoms with Gasteiger partial charge in [0.15, 0.2) is 0 Å². The average Bonchev–Trinajstić information content (AvgIpc) is 2.66. The lowest BCUT2D eigenvalue weighted by atomic mass is 9.95. The summed E-state index contributed by atoms with van der Waals surface area (Å²) in [4.78, 5) is 0. The molecule has 0 saturated heterocycles. The predicted octanol–water partition coefficient (Wildman–Crippen LogP) is 7.00. The first-order chi connectivity index (χ1) is 12.8. The molecule has 3 aromatic rings. The maximum atomic E-state index is 12.6. The van der Waals surface area contributed by atoms with Gasteiger partial charge in [0.05, 0.1) is 5.56 Å². The molecule has 0 atom stereocenters. The topological polar surface area (TPSA) is 9.23 Å². The van der Waals surface area contributed by atoms with Gasteiger partial charge < -0.3 is 4.74 Å². The monoisotopic (exact) mass is 388 g/mol. The van der Waals surface area contributed by atoms with Crippen LogP contribution < -0.4 is 4.74 Å². The zero-order chi connectivity index (χ0) is 19.4. The number of ether oxygens (including phenoxy) is 1. The smallest absolute Gasteiger partial charge is 0.416 e. The van der Waals surface area contributed by atoms with Gasteiger partial charge in [-0.3, -0.25) is 0 Å². The third-order valence-electron chi connectivity index (χ3n) is 4.11.